The van der Waals surface area contributed by atoms with Crippen molar-refractivity contribution in [3.63, 3.8) is 0 Å². The van der Waals surface area contributed by atoms with Gasteiger partial charge in [-0.05, 0) is 55.1 Å². The van der Waals surface area contributed by atoms with Crippen LogP contribution in [0.25, 0.3) is 22.0 Å². The lowest BCUT2D eigenvalue weighted by Gasteiger charge is -2.31. The van der Waals surface area contributed by atoms with E-state index in [1.165, 1.54) is 6.08 Å². The topological polar surface area (TPSA) is 110 Å². The number of nitrogens with two attached hydrogens (primary N) is 1. The maximum Gasteiger partial charge on any atom is 0.272 e. The van der Waals surface area contributed by atoms with Gasteiger partial charge >= 0.3 is 0 Å². The molecule has 8 heteroatoms. The fraction of sp³-hybridized carbons (Fsp3) is 0.296. The van der Waals surface area contributed by atoms with Crippen molar-refractivity contribution in [2.24, 2.45) is 0 Å². The zero-order valence-electron chi connectivity index (χ0n) is 20.1. The van der Waals surface area contributed by atoms with Gasteiger partial charge in [0.05, 0.1) is 24.2 Å². The summed E-state index contributed by atoms with van der Waals surface area (Å²) in [5.41, 5.74) is 8.62. The first kappa shape index (κ1) is 24.2. The summed E-state index contributed by atoms with van der Waals surface area (Å²) in [5.74, 6) is -0.0689. The molecule has 0 atom stereocenters. The van der Waals surface area contributed by atoms with Crippen LogP contribution < -0.4 is 21.1 Å². The largest absolute Gasteiger partial charge is 0.495 e. The second kappa shape index (κ2) is 10.6. The Bertz CT molecular complexity index is 1270. The molecular weight excluding hydrogens is 442 g/mol. The van der Waals surface area contributed by atoms with Crippen molar-refractivity contribution in [2.75, 3.05) is 37.8 Å². The highest BCUT2D eigenvalue weighted by molar-refractivity contribution is 6.08. The molecule has 182 valence electrons. The van der Waals surface area contributed by atoms with Crippen LogP contribution in [0.5, 0.6) is 5.75 Å². The zero-order chi connectivity index (χ0) is 24.9. The molecule has 3 aromatic rings. The van der Waals surface area contributed by atoms with Gasteiger partial charge in [0.15, 0.2) is 5.69 Å². The van der Waals surface area contributed by atoms with E-state index in [9.17, 15) is 9.59 Å². The van der Waals surface area contributed by atoms with Gasteiger partial charge in [0.2, 0.25) is 5.91 Å². The van der Waals surface area contributed by atoms with Crippen LogP contribution in [-0.4, -0.2) is 54.5 Å². The van der Waals surface area contributed by atoms with Crippen LogP contribution in [0.3, 0.4) is 0 Å². The number of fused-ring (bicyclic) bond motifs is 1. The summed E-state index contributed by atoms with van der Waals surface area (Å²) in [6, 6.07) is 13.1. The Morgan fingerprint density at radius 1 is 1.20 bits per heavy atom. The van der Waals surface area contributed by atoms with E-state index in [1.807, 2.05) is 24.3 Å². The fourth-order valence-corrected chi connectivity index (χ4v) is 4.39. The van der Waals surface area contributed by atoms with E-state index in [0.717, 1.165) is 48.8 Å². The molecule has 1 aliphatic heterocycles. The Balaban J connectivity index is 1.65. The predicted molar refractivity (Wildman–Crippen MR) is 140 cm³/mol. The number of nitrogens with one attached hydrogen (secondary N) is 2. The maximum atomic E-state index is 13.0. The van der Waals surface area contributed by atoms with E-state index in [2.05, 4.69) is 34.0 Å². The molecule has 0 saturated carbocycles. The van der Waals surface area contributed by atoms with Gasteiger partial charge in [0.25, 0.3) is 5.91 Å². The van der Waals surface area contributed by atoms with Crippen LogP contribution >= 0.6 is 0 Å². The Labute approximate surface area is 205 Å². The van der Waals surface area contributed by atoms with E-state index < -0.39 is 0 Å². The van der Waals surface area contributed by atoms with Crippen molar-refractivity contribution >= 4 is 34.0 Å². The summed E-state index contributed by atoms with van der Waals surface area (Å²) in [5, 5.41) is 7.63. The molecule has 0 unspecified atom stereocenters. The third-order valence-electron chi connectivity index (χ3n) is 6.44. The number of pyridine rings is 1. The van der Waals surface area contributed by atoms with Gasteiger partial charge in [-0.3, -0.25) is 9.59 Å². The first-order valence-corrected chi connectivity index (χ1v) is 11.8. The SMILES string of the molecule is C=CC(=O)Nc1c(OC)ccc2ccc(-c3ccc(N)c(C(=O)NC4CCN(CC)CC4)n3)cc12. The van der Waals surface area contributed by atoms with Crippen LogP contribution in [-0.2, 0) is 4.79 Å². The number of nitrogens with zero attached hydrogens (tertiary/aromatic N) is 2. The lowest BCUT2D eigenvalue weighted by molar-refractivity contribution is -0.111. The monoisotopic (exact) mass is 473 g/mol. The van der Waals surface area contributed by atoms with E-state index in [-0.39, 0.29) is 23.6 Å². The molecule has 4 N–H and O–H groups in total. The number of ether oxygens (including phenoxy) is 1. The van der Waals surface area contributed by atoms with Gasteiger partial charge in [-0.1, -0.05) is 31.7 Å². The van der Waals surface area contributed by atoms with Crippen LogP contribution in [0.15, 0.2) is 55.1 Å². The van der Waals surface area contributed by atoms with Crippen molar-refractivity contribution in [1.82, 2.24) is 15.2 Å². The molecule has 1 aliphatic rings. The van der Waals surface area contributed by atoms with Gasteiger partial charge in [0, 0.05) is 30.1 Å². The molecule has 1 fully saturated rings. The number of carbonyl (C=O) groups is 2. The number of hydrogen-bond donors (Lipinski definition) is 3. The van der Waals surface area contributed by atoms with Crippen LogP contribution in [0.1, 0.15) is 30.3 Å². The van der Waals surface area contributed by atoms with Crippen LogP contribution in [0.2, 0.25) is 0 Å². The normalized spacial score (nSPS) is 14.5. The number of anilines is 2. The Kier molecular flexibility index (Phi) is 7.31. The summed E-state index contributed by atoms with van der Waals surface area (Å²) in [6.45, 7) is 8.63. The molecule has 4 rings (SSSR count). The van der Waals surface area contributed by atoms with Crippen molar-refractivity contribution in [3.05, 3.63) is 60.8 Å². The van der Waals surface area contributed by atoms with Crippen molar-refractivity contribution in [1.29, 1.82) is 0 Å². The minimum atomic E-state index is -0.337. The predicted octanol–water partition coefficient (Wildman–Crippen LogP) is 3.83. The third-order valence-corrected chi connectivity index (χ3v) is 6.44. The maximum absolute atomic E-state index is 13.0. The summed E-state index contributed by atoms with van der Waals surface area (Å²) < 4.78 is 5.46. The first-order chi connectivity index (χ1) is 16.9. The van der Waals surface area contributed by atoms with Gasteiger partial charge in [0.1, 0.15) is 5.75 Å². The summed E-state index contributed by atoms with van der Waals surface area (Å²) in [7, 11) is 1.55. The highest BCUT2D eigenvalue weighted by Crippen LogP contribution is 2.36. The number of rotatable bonds is 7. The molecule has 35 heavy (non-hydrogen) atoms. The highest BCUT2D eigenvalue weighted by atomic mass is 16.5. The molecule has 1 aromatic heterocycles. The molecule has 0 spiro atoms. The smallest absolute Gasteiger partial charge is 0.272 e. The van der Waals surface area contributed by atoms with E-state index in [4.69, 9.17) is 10.5 Å². The molecule has 2 aromatic carbocycles. The van der Waals surface area contributed by atoms with Gasteiger partial charge in [-0.2, -0.15) is 0 Å². The van der Waals surface area contributed by atoms with Gasteiger partial charge < -0.3 is 26.0 Å². The number of piperidine rings is 1. The van der Waals surface area contributed by atoms with Gasteiger partial charge in [-0.25, -0.2) is 4.98 Å². The van der Waals surface area contributed by atoms with Gasteiger partial charge in [-0.15, -0.1) is 0 Å². The first-order valence-electron chi connectivity index (χ1n) is 11.8. The Morgan fingerprint density at radius 3 is 2.63 bits per heavy atom. The molecule has 8 nitrogen and oxygen atoms in total. The number of likely N-dealkylation sites (tertiary alicyclic amines) is 1. The minimum absolute atomic E-state index is 0.110. The average molecular weight is 474 g/mol. The van der Waals surface area contributed by atoms with Crippen molar-refractivity contribution < 1.29 is 14.3 Å². The number of carbonyl (C=O) groups excluding carboxylic acids is 2. The molecule has 1 saturated heterocycles. The molecule has 2 amide bonds. The Hall–Kier alpha value is -3.91. The standard InChI is InChI=1S/C27H31N5O3/c1-4-24(33)31-25-20-16-18(7-6-17(20)8-11-23(25)35-3)22-10-9-21(28)26(30-22)27(34)29-19-12-14-32(5-2)15-13-19/h4,6-11,16,19H,1,5,12-15,28H2,2-3H3,(H,29,34)(H,31,33). The molecule has 0 radical (unpaired) electrons. The lowest BCUT2D eigenvalue weighted by atomic mass is 10.0. The number of amides is 2. The minimum Gasteiger partial charge on any atom is -0.495 e. The van der Waals surface area contributed by atoms with E-state index >= 15 is 0 Å². The lowest BCUT2D eigenvalue weighted by Crippen LogP contribution is -2.44. The summed E-state index contributed by atoms with van der Waals surface area (Å²) >= 11 is 0. The van der Waals surface area contributed by atoms with Crippen LogP contribution in [0, 0.1) is 0 Å². The van der Waals surface area contributed by atoms with Crippen LogP contribution in [0.4, 0.5) is 11.4 Å². The number of methoxy groups -OCH3 is 1. The second-order valence-corrected chi connectivity index (χ2v) is 8.59. The van der Waals surface area contributed by atoms with Crippen molar-refractivity contribution in [2.45, 2.75) is 25.8 Å². The molecule has 0 bridgehead atoms. The molecule has 2 heterocycles. The zero-order valence-corrected chi connectivity index (χ0v) is 20.1. The highest BCUT2D eigenvalue weighted by Gasteiger charge is 2.22. The number of aromatic nitrogens is 1. The van der Waals surface area contributed by atoms with E-state index in [1.54, 1.807) is 25.3 Å². The van der Waals surface area contributed by atoms with E-state index in [0.29, 0.717) is 22.8 Å². The molecule has 0 aliphatic carbocycles. The number of hydrogen-bond acceptors (Lipinski definition) is 6. The second-order valence-electron chi connectivity index (χ2n) is 8.59. The number of nitrogen functional groups attached to an aromatic ring is 1. The number of benzene rings is 2. The summed E-state index contributed by atoms with van der Waals surface area (Å²) in [6.07, 6.45) is 3.02. The Morgan fingerprint density at radius 2 is 1.94 bits per heavy atom. The quantitative estimate of drug-likeness (QED) is 0.450. The fourth-order valence-electron chi connectivity index (χ4n) is 4.39. The molecular formula is C27H31N5O3. The average Bonchev–Trinajstić information content (AvgIpc) is 2.89. The third kappa shape index (κ3) is 5.27. The van der Waals surface area contributed by atoms with Crippen molar-refractivity contribution in [3.8, 4) is 17.0 Å². The summed E-state index contributed by atoms with van der Waals surface area (Å²) in [4.78, 5) is 32.1.